The molecule has 2 rings (SSSR count). The molecular formula is C32H44I2O4Si2. The van der Waals surface area contributed by atoms with Crippen molar-refractivity contribution >= 4 is 61.8 Å². The van der Waals surface area contributed by atoms with Gasteiger partial charge in [0.2, 0.25) is 16.6 Å². The van der Waals surface area contributed by atoms with Crippen LogP contribution in [0.25, 0.3) is 11.1 Å². The van der Waals surface area contributed by atoms with E-state index in [4.69, 9.17) is 18.3 Å². The maximum Gasteiger partial charge on any atom is 0.242 e. The Morgan fingerprint density at radius 2 is 1.00 bits per heavy atom. The van der Waals surface area contributed by atoms with E-state index in [2.05, 4.69) is 121 Å². The Hall–Kier alpha value is -1.51. The molecule has 4 nitrogen and oxygen atoms in total. The number of halogens is 2. The molecule has 0 bridgehead atoms. The lowest BCUT2D eigenvalue weighted by atomic mass is 9.96. The van der Waals surface area contributed by atoms with Crippen molar-refractivity contribution in [3.05, 3.63) is 102 Å². The summed E-state index contributed by atoms with van der Waals surface area (Å²) in [7, 11) is -3.42. The van der Waals surface area contributed by atoms with Gasteiger partial charge in [-0.25, -0.2) is 0 Å². The Balaban J connectivity index is 2.33. The smallest absolute Gasteiger partial charge is 0.242 e. The third kappa shape index (κ3) is 11.1. The highest BCUT2D eigenvalue weighted by Gasteiger charge is 2.20. The topological polar surface area (TPSA) is 36.9 Å². The summed E-state index contributed by atoms with van der Waals surface area (Å²) in [6.07, 6.45) is 7.65. The number of ether oxygens (including phenoxy) is 2. The minimum Gasteiger partial charge on any atom is -0.544 e. The van der Waals surface area contributed by atoms with E-state index in [1.54, 1.807) is 0 Å². The summed E-state index contributed by atoms with van der Waals surface area (Å²) >= 11 is 4.84. The first-order chi connectivity index (χ1) is 18.7. The van der Waals surface area contributed by atoms with E-state index in [0.29, 0.717) is 13.2 Å². The largest absolute Gasteiger partial charge is 0.544 e. The van der Waals surface area contributed by atoms with Gasteiger partial charge in [-0.2, -0.15) is 0 Å². The van der Waals surface area contributed by atoms with Gasteiger partial charge in [-0.15, -0.1) is 0 Å². The van der Waals surface area contributed by atoms with Gasteiger partial charge >= 0.3 is 0 Å². The maximum atomic E-state index is 6.22. The molecule has 0 atom stereocenters. The standard InChI is InChI=1S/C32H44I2O4Si2/c1-11-29(37-39(5,6)7)23(3)19-35-21-25-15-13-17-27(33)31(25)32-26(16-14-18-28(32)34)22-36-20-24(4)30(12-2)38-40(8,9)10/h11-20H,21-22H2,1-10H3/b23-19+,24-20+,29-11-,30-12-. The molecule has 0 spiro atoms. The normalized spacial score (nSPS) is 13.8. The SMILES string of the molecule is C/C=C(O[Si](C)(C)C)/C(C)=C/OCc1cccc(I)c1-c1c(I)cccc1CO/C=C(C)/C(=C/C)O[Si](C)(C)C. The molecule has 8 heteroatoms. The third-order valence-corrected chi connectivity index (χ3v) is 9.04. The summed E-state index contributed by atoms with van der Waals surface area (Å²) in [5.74, 6) is 1.78. The van der Waals surface area contributed by atoms with Crippen LogP contribution in [0.4, 0.5) is 0 Å². The van der Waals surface area contributed by atoms with Crippen molar-refractivity contribution in [1.29, 1.82) is 0 Å². The molecule has 0 radical (unpaired) electrons. The minimum absolute atomic E-state index is 0.455. The van der Waals surface area contributed by atoms with Crippen LogP contribution in [0.15, 0.2) is 83.7 Å². The molecule has 0 aliphatic carbocycles. The van der Waals surface area contributed by atoms with Gasteiger partial charge in [0, 0.05) is 29.4 Å². The summed E-state index contributed by atoms with van der Waals surface area (Å²) in [6, 6.07) is 12.7. The molecule has 2 aromatic rings. The van der Waals surface area contributed by atoms with Gasteiger partial charge in [-0.1, -0.05) is 24.3 Å². The summed E-state index contributed by atoms with van der Waals surface area (Å²) in [4.78, 5) is 0. The van der Waals surface area contributed by atoms with Crippen molar-refractivity contribution in [3.8, 4) is 11.1 Å². The zero-order valence-electron chi connectivity index (χ0n) is 25.6. The zero-order valence-corrected chi connectivity index (χ0v) is 31.9. The Labute approximate surface area is 271 Å². The van der Waals surface area contributed by atoms with Gasteiger partial charge in [-0.3, -0.25) is 0 Å². The maximum absolute atomic E-state index is 6.22. The molecule has 218 valence electrons. The van der Waals surface area contributed by atoms with Crippen molar-refractivity contribution < 1.29 is 18.3 Å². The number of benzene rings is 2. The van der Waals surface area contributed by atoms with Crippen LogP contribution >= 0.6 is 45.2 Å². The van der Waals surface area contributed by atoms with Crippen LogP contribution in [0.2, 0.25) is 39.3 Å². The van der Waals surface area contributed by atoms with E-state index in [1.165, 1.54) is 18.3 Å². The van der Waals surface area contributed by atoms with Crippen molar-refractivity contribution in [2.45, 2.75) is 80.2 Å². The lowest BCUT2D eigenvalue weighted by molar-refractivity contribution is 0.231. The van der Waals surface area contributed by atoms with E-state index in [0.717, 1.165) is 33.8 Å². The molecular weight excluding hydrogens is 758 g/mol. The summed E-state index contributed by atoms with van der Waals surface area (Å²) in [5, 5.41) is 0. The molecule has 0 aliphatic rings. The summed E-state index contributed by atoms with van der Waals surface area (Å²) in [6.45, 7) is 22.1. The van der Waals surface area contributed by atoms with Gasteiger partial charge in [0.15, 0.2) is 0 Å². The van der Waals surface area contributed by atoms with Crippen LogP contribution in [-0.4, -0.2) is 16.6 Å². The second-order valence-corrected chi connectivity index (χ2v) is 22.7. The molecule has 0 unspecified atom stereocenters. The fraction of sp³-hybridized carbons (Fsp3) is 0.375. The molecule has 0 aromatic heterocycles. The Morgan fingerprint density at radius 1 is 0.650 bits per heavy atom. The summed E-state index contributed by atoms with van der Waals surface area (Å²) < 4.78 is 27.1. The monoisotopic (exact) mass is 802 g/mol. The fourth-order valence-electron chi connectivity index (χ4n) is 3.96. The van der Waals surface area contributed by atoms with Crippen LogP contribution in [0.1, 0.15) is 38.8 Å². The highest BCUT2D eigenvalue weighted by atomic mass is 127. The second kappa shape index (κ2) is 15.6. The quantitative estimate of drug-likeness (QED) is 0.0875. The molecule has 0 saturated heterocycles. The first-order valence-electron chi connectivity index (χ1n) is 13.5. The molecule has 0 N–H and O–H groups in total. The molecule has 0 saturated carbocycles. The highest BCUT2D eigenvalue weighted by molar-refractivity contribution is 14.1. The number of hydrogen-bond acceptors (Lipinski definition) is 4. The molecule has 0 heterocycles. The van der Waals surface area contributed by atoms with Gasteiger partial charge in [0.1, 0.15) is 24.7 Å². The second-order valence-electron chi connectivity index (χ2n) is 11.5. The Bertz CT molecular complexity index is 1180. The van der Waals surface area contributed by atoms with Crippen molar-refractivity contribution in [1.82, 2.24) is 0 Å². The number of hydrogen-bond donors (Lipinski definition) is 0. The Kier molecular flexibility index (Phi) is 13.6. The van der Waals surface area contributed by atoms with E-state index in [1.807, 2.05) is 52.4 Å². The van der Waals surface area contributed by atoms with Crippen LogP contribution in [0.3, 0.4) is 0 Å². The number of allylic oxidation sites excluding steroid dienone is 4. The van der Waals surface area contributed by atoms with Crippen molar-refractivity contribution in [2.75, 3.05) is 0 Å². The zero-order chi connectivity index (χ0) is 30.1. The van der Waals surface area contributed by atoms with Gasteiger partial charge < -0.3 is 18.3 Å². The summed E-state index contributed by atoms with van der Waals surface area (Å²) in [5.41, 5.74) is 6.59. The molecule has 2 aromatic carbocycles. The molecule has 0 aliphatic heterocycles. The van der Waals surface area contributed by atoms with Crippen molar-refractivity contribution in [3.63, 3.8) is 0 Å². The van der Waals surface area contributed by atoms with E-state index in [-0.39, 0.29) is 0 Å². The van der Waals surface area contributed by atoms with E-state index < -0.39 is 16.6 Å². The van der Waals surface area contributed by atoms with Crippen LogP contribution in [-0.2, 0) is 31.5 Å². The molecule has 0 fully saturated rings. The third-order valence-electron chi connectivity index (χ3n) is 5.58. The van der Waals surface area contributed by atoms with Gasteiger partial charge in [0.05, 0.1) is 12.5 Å². The van der Waals surface area contributed by atoms with E-state index in [9.17, 15) is 0 Å². The lowest BCUT2D eigenvalue weighted by Gasteiger charge is -2.22. The highest BCUT2D eigenvalue weighted by Crippen LogP contribution is 2.36. The van der Waals surface area contributed by atoms with Gasteiger partial charge in [0.25, 0.3) is 0 Å². The average Bonchev–Trinajstić information content (AvgIpc) is 2.85. The predicted octanol–water partition coefficient (Wildman–Crippen LogP) is 10.9. The first-order valence-corrected chi connectivity index (χ1v) is 22.5. The first kappa shape index (κ1) is 34.7. The van der Waals surface area contributed by atoms with Crippen molar-refractivity contribution in [2.24, 2.45) is 0 Å². The predicted molar refractivity (Wildman–Crippen MR) is 191 cm³/mol. The lowest BCUT2D eigenvalue weighted by Crippen LogP contribution is -2.25. The van der Waals surface area contributed by atoms with E-state index >= 15 is 0 Å². The van der Waals surface area contributed by atoms with Crippen LogP contribution in [0, 0.1) is 7.14 Å². The van der Waals surface area contributed by atoms with Crippen LogP contribution in [0.5, 0.6) is 0 Å². The average molecular weight is 803 g/mol. The van der Waals surface area contributed by atoms with Gasteiger partial charge in [-0.05, 0) is 148 Å². The molecule has 0 amide bonds. The molecule has 40 heavy (non-hydrogen) atoms. The number of rotatable bonds is 13. The minimum atomic E-state index is -1.71. The van der Waals surface area contributed by atoms with Crippen LogP contribution < -0.4 is 0 Å². The fourth-order valence-corrected chi connectivity index (χ4v) is 7.49. The Morgan fingerprint density at radius 3 is 1.30 bits per heavy atom.